The molecule has 1 rings (SSSR count). The average Bonchev–Trinajstić information content (AvgIpc) is 2.18. The summed E-state index contributed by atoms with van der Waals surface area (Å²) >= 11 is 0. The van der Waals surface area contributed by atoms with Gasteiger partial charge in [-0.25, -0.2) is 4.79 Å². The number of alkyl carbamates (subject to hydrolysis) is 1. The van der Waals surface area contributed by atoms with Gasteiger partial charge in [0, 0.05) is 6.04 Å². The number of carbonyl (C=O) groups excluding carboxylic acids is 1. The number of ether oxygens (including phenoxy) is 1. The number of carbonyl (C=O) groups is 2. The van der Waals surface area contributed by atoms with Gasteiger partial charge in [-0.15, -0.1) is 0 Å². The number of hydrogen-bond donors (Lipinski definition) is 3. The normalized spacial score (nSPS) is 27.6. The number of carboxylic acid groups (broad SMARTS) is 1. The summed E-state index contributed by atoms with van der Waals surface area (Å²) in [5, 5.41) is 12.2. The zero-order valence-electron chi connectivity index (χ0n) is 12.9. The van der Waals surface area contributed by atoms with Crippen LogP contribution in [0, 0.1) is 11.3 Å². The molecule has 0 aromatic heterocycles. The van der Waals surface area contributed by atoms with Gasteiger partial charge in [-0.3, -0.25) is 4.79 Å². The molecule has 6 nitrogen and oxygen atoms in total. The van der Waals surface area contributed by atoms with E-state index in [1.54, 1.807) is 20.8 Å². The molecule has 6 heteroatoms. The number of amides is 1. The number of carboxylic acids is 1. The maximum Gasteiger partial charge on any atom is 0.407 e. The Morgan fingerprint density at radius 1 is 1.35 bits per heavy atom. The van der Waals surface area contributed by atoms with Crippen molar-refractivity contribution in [3.63, 3.8) is 0 Å². The molecule has 1 aliphatic carbocycles. The number of nitrogens with one attached hydrogen (secondary N) is 1. The second-order valence-electron chi connectivity index (χ2n) is 7.00. The van der Waals surface area contributed by atoms with Crippen LogP contribution >= 0.6 is 0 Å². The van der Waals surface area contributed by atoms with E-state index in [0.29, 0.717) is 12.8 Å². The molecule has 1 aliphatic rings. The summed E-state index contributed by atoms with van der Waals surface area (Å²) in [7, 11) is 0. The van der Waals surface area contributed by atoms with Crippen molar-refractivity contribution in [2.75, 3.05) is 0 Å². The first-order chi connectivity index (χ1) is 8.98. The fourth-order valence-electron chi connectivity index (χ4n) is 2.81. The van der Waals surface area contributed by atoms with E-state index in [1.807, 2.05) is 13.8 Å². The van der Waals surface area contributed by atoms with Crippen molar-refractivity contribution in [3.8, 4) is 0 Å². The maximum absolute atomic E-state index is 11.9. The minimum Gasteiger partial charge on any atom is -0.481 e. The van der Waals surface area contributed by atoms with Crippen LogP contribution in [0.3, 0.4) is 0 Å². The van der Waals surface area contributed by atoms with E-state index in [4.69, 9.17) is 10.5 Å². The van der Waals surface area contributed by atoms with Crippen molar-refractivity contribution in [2.24, 2.45) is 17.1 Å². The molecule has 1 unspecified atom stereocenters. The minimum atomic E-state index is -0.982. The van der Waals surface area contributed by atoms with Gasteiger partial charge in [-0.05, 0) is 39.5 Å². The summed E-state index contributed by atoms with van der Waals surface area (Å²) in [6.45, 7) is 9.07. The van der Waals surface area contributed by atoms with Crippen LogP contribution in [0.15, 0.2) is 0 Å². The Hall–Kier alpha value is -1.30. The molecule has 116 valence electrons. The van der Waals surface area contributed by atoms with E-state index in [2.05, 4.69) is 5.32 Å². The van der Waals surface area contributed by atoms with Gasteiger partial charge < -0.3 is 20.9 Å². The first-order valence-electron chi connectivity index (χ1n) is 6.96. The van der Waals surface area contributed by atoms with Crippen LogP contribution in [-0.2, 0) is 9.53 Å². The summed E-state index contributed by atoms with van der Waals surface area (Å²) in [5.41, 5.74) is 4.16. The number of rotatable bonds is 4. The molecular formula is C14H26N2O4. The number of nitrogens with two attached hydrogens (primary N) is 1. The molecule has 0 aromatic carbocycles. The lowest BCUT2D eigenvalue weighted by Gasteiger charge is -2.49. The third-order valence-corrected chi connectivity index (χ3v) is 3.61. The third kappa shape index (κ3) is 3.62. The Balaban J connectivity index is 2.84. The van der Waals surface area contributed by atoms with E-state index >= 15 is 0 Å². The quantitative estimate of drug-likeness (QED) is 0.730. The van der Waals surface area contributed by atoms with Gasteiger partial charge in [0.15, 0.2) is 0 Å². The summed E-state index contributed by atoms with van der Waals surface area (Å²) in [6.07, 6.45) is 0.166. The van der Waals surface area contributed by atoms with E-state index in [1.165, 1.54) is 0 Å². The van der Waals surface area contributed by atoms with E-state index in [9.17, 15) is 14.7 Å². The van der Waals surface area contributed by atoms with Crippen molar-refractivity contribution in [2.45, 2.75) is 65.1 Å². The van der Waals surface area contributed by atoms with Crippen LogP contribution in [0.4, 0.5) is 4.79 Å². The van der Waals surface area contributed by atoms with Crippen LogP contribution in [-0.4, -0.2) is 34.9 Å². The molecule has 1 saturated carbocycles. The summed E-state index contributed by atoms with van der Waals surface area (Å²) in [6, 6.07) is -0.609. The molecule has 0 radical (unpaired) electrons. The van der Waals surface area contributed by atoms with Crippen LogP contribution in [0.2, 0.25) is 0 Å². The van der Waals surface area contributed by atoms with Crippen molar-refractivity contribution in [3.05, 3.63) is 0 Å². The van der Waals surface area contributed by atoms with Gasteiger partial charge in [0.25, 0.3) is 0 Å². The molecule has 0 aliphatic heterocycles. The molecular weight excluding hydrogens is 260 g/mol. The van der Waals surface area contributed by atoms with Gasteiger partial charge in [-0.1, -0.05) is 13.8 Å². The van der Waals surface area contributed by atoms with Crippen molar-refractivity contribution in [1.29, 1.82) is 0 Å². The van der Waals surface area contributed by atoms with Crippen molar-refractivity contribution in [1.82, 2.24) is 5.32 Å². The standard InChI is InChI=1S/C14H26N2O4/c1-8(2)10(16-12(19)20-13(3,4)5)14(11(17)18)6-9(15)7-14/h8-10H,6-7,15H2,1-5H3,(H,16,19)(H,17,18). The largest absolute Gasteiger partial charge is 0.481 e. The monoisotopic (exact) mass is 286 g/mol. The lowest BCUT2D eigenvalue weighted by molar-refractivity contribution is -0.159. The topological polar surface area (TPSA) is 102 Å². The average molecular weight is 286 g/mol. The Kier molecular flexibility index (Phi) is 4.69. The fourth-order valence-corrected chi connectivity index (χ4v) is 2.81. The van der Waals surface area contributed by atoms with Crippen LogP contribution in [0.5, 0.6) is 0 Å². The Morgan fingerprint density at radius 2 is 1.85 bits per heavy atom. The molecule has 20 heavy (non-hydrogen) atoms. The van der Waals surface area contributed by atoms with E-state index < -0.39 is 29.1 Å². The first-order valence-corrected chi connectivity index (χ1v) is 6.96. The van der Waals surface area contributed by atoms with Gasteiger partial charge in [0.1, 0.15) is 5.60 Å². The highest BCUT2D eigenvalue weighted by Crippen LogP contribution is 2.45. The molecule has 0 spiro atoms. The van der Waals surface area contributed by atoms with E-state index in [0.717, 1.165) is 0 Å². The third-order valence-electron chi connectivity index (χ3n) is 3.61. The zero-order chi connectivity index (χ0) is 15.7. The van der Waals surface area contributed by atoms with E-state index in [-0.39, 0.29) is 12.0 Å². The molecule has 4 N–H and O–H groups in total. The molecule has 0 saturated heterocycles. The SMILES string of the molecule is CC(C)C(NC(=O)OC(C)(C)C)C1(C(=O)O)CC(N)C1. The first kappa shape index (κ1) is 16.8. The summed E-state index contributed by atoms with van der Waals surface area (Å²) < 4.78 is 5.21. The highest BCUT2D eigenvalue weighted by molar-refractivity contribution is 5.79. The van der Waals surface area contributed by atoms with Gasteiger partial charge >= 0.3 is 12.1 Å². The Morgan fingerprint density at radius 3 is 2.15 bits per heavy atom. The van der Waals surface area contributed by atoms with Crippen LogP contribution < -0.4 is 11.1 Å². The smallest absolute Gasteiger partial charge is 0.407 e. The Bertz CT molecular complexity index is 381. The molecule has 1 amide bonds. The predicted octanol–water partition coefficient (Wildman–Crippen LogP) is 1.73. The number of hydrogen-bond acceptors (Lipinski definition) is 4. The van der Waals surface area contributed by atoms with Gasteiger partial charge in [-0.2, -0.15) is 0 Å². The summed E-state index contributed by atoms with van der Waals surface area (Å²) in [4.78, 5) is 23.5. The lowest BCUT2D eigenvalue weighted by atomic mass is 9.59. The second kappa shape index (κ2) is 5.60. The van der Waals surface area contributed by atoms with Gasteiger partial charge in [0.05, 0.1) is 11.5 Å². The highest BCUT2D eigenvalue weighted by Gasteiger charge is 2.56. The fraction of sp³-hybridized carbons (Fsp3) is 0.857. The van der Waals surface area contributed by atoms with Gasteiger partial charge in [0.2, 0.25) is 0 Å². The molecule has 1 atom stereocenters. The van der Waals surface area contributed by atoms with Crippen LogP contribution in [0.25, 0.3) is 0 Å². The number of aliphatic carboxylic acids is 1. The predicted molar refractivity (Wildman–Crippen MR) is 75.3 cm³/mol. The molecule has 0 bridgehead atoms. The molecule has 1 fully saturated rings. The highest BCUT2D eigenvalue weighted by atomic mass is 16.6. The lowest BCUT2D eigenvalue weighted by Crippen LogP contribution is -2.64. The van der Waals surface area contributed by atoms with Crippen molar-refractivity contribution < 1.29 is 19.4 Å². The molecule has 0 heterocycles. The zero-order valence-corrected chi connectivity index (χ0v) is 12.9. The van der Waals surface area contributed by atoms with Crippen LogP contribution in [0.1, 0.15) is 47.5 Å². The van der Waals surface area contributed by atoms with Crippen molar-refractivity contribution >= 4 is 12.1 Å². The summed E-state index contributed by atoms with van der Waals surface area (Å²) in [5.74, 6) is -0.930. The Labute approximate surface area is 120 Å². The maximum atomic E-state index is 11.9. The second-order valence-corrected chi connectivity index (χ2v) is 7.00. The molecule has 0 aromatic rings. The minimum absolute atomic E-state index is 0.0221.